The first kappa shape index (κ1) is 18.5. The molecule has 1 aliphatic heterocycles. The van der Waals surface area contributed by atoms with E-state index in [2.05, 4.69) is 20.5 Å². The molecule has 0 radical (unpaired) electrons. The number of hydrogen-bond donors (Lipinski definition) is 2. The number of piperidine rings is 1. The van der Waals surface area contributed by atoms with E-state index >= 15 is 0 Å². The van der Waals surface area contributed by atoms with Crippen LogP contribution in [0.4, 0.5) is 0 Å². The molecule has 0 unspecified atom stereocenters. The zero-order valence-electron chi connectivity index (χ0n) is 17.6. The summed E-state index contributed by atoms with van der Waals surface area (Å²) in [6, 6.07) is 5.50. The number of aromatic nitrogens is 5. The lowest BCUT2D eigenvalue weighted by Crippen LogP contribution is -2.43. The Balaban J connectivity index is 1.45. The largest absolute Gasteiger partial charge is 0.507 e. The van der Waals surface area contributed by atoms with Crippen molar-refractivity contribution in [1.29, 1.82) is 0 Å². The molecule has 2 N–H and O–H groups in total. The summed E-state index contributed by atoms with van der Waals surface area (Å²) in [5.41, 5.74) is 4.10. The van der Waals surface area contributed by atoms with E-state index in [1.807, 2.05) is 32.2 Å². The lowest BCUT2D eigenvalue weighted by molar-refractivity contribution is 0.264. The number of imidazole rings is 1. The summed E-state index contributed by atoms with van der Waals surface area (Å²) < 4.78 is 3.33. The van der Waals surface area contributed by atoms with Gasteiger partial charge in [0.05, 0.1) is 35.2 Å². The predicted octanol–water partition coefficient (Wildman–Crippen LogP) is 2.89. The topological polar surface area (TPSA) is 97.3 Å². The molecule has 0 bridgehead atoms. The Morgan fingerprint density at radius 2 is 2.06 bits per heavy atom. The van der Waals surface area contributed by atoms with E-state index in [-0.39, 0.29) is 22.9 Å². The van der Waals surface area contributed by atoms with Crippen LogP contribution in [0.3, 0.4) is 0 Å². The Hall–Kier alpha value is -3.26. The molecule has 8 nitrogen and oxygen atoms in total. The molecule has 1 aromatic carbocycles. The van der Waals surface area contributed by atoms with Gasteiger partial charge in [0.1, 0.15) is 5.75 Å². The van der Waals surface area contributed by atoms with E-state index in [0.717, 1.165) is 54.7 Å². The summed E-state index contributed by atoms with van der Waals surface area (Å²) in [4.78, 5) is 17.7. The number of phenolic OH excluding ortho intramolecular Hbond substituents is 1. The molecule has 1 saturated heterocycles. The van der Waals surface area contributed by atoms with Crippen LogP contribution in [0.2, 0.25) is 0 Å². The second-order valence-corrected chi connectivity index (χ2v) is 9.07. The van der Waals surface area contributed by atoms with Crippen LogP contribution < -0.4 is 10.9 Å². The van der Waals surface area contributed by atoms with Gasteiger partial charge in [-0.1, -0.05) is 0 Å². The summed E-state index contributed by atoms with van der Waals surface area (Å²) >= 11 is 0. The number of aryl methyl sites for hydroxylation is 2. The first-order chi connectivity index (χ1) is 14.9. The minimum Gasteiger partial charge on any atom is -0.507 e. The van der Waals surface area contributed by atoms with Crippen LogP contribution >= 0.6 is 0 Å². The molecule has 1 atom stereocenters. The number of phenols is 1. The summed E-state index contributed by atoms with van der Waals surface area (Å²) in [6.07, 6.45) is 7.67. The van der Waals surface area contributed by atoms with Crippen LogP contribution in [0.15, 0.2) is 35.4 Å². The number of rotatable bonds is 2. The molecule has 2 fully saturated rings. The van der Waals surface area contributed by atoms with E-state index in [4.69, 9.17) is 0 Å². The molecule has 158 valence electrons. The van der Waals surface area contributed by atoms with Crippen molar-refractivity contribution in [2.45, 2.75) is 51.1 Å². The minimum atomic E-state index is -0.228. The quantitative estimate of drug-likeness (QED) is 0.522. The number of aromatic hydroxyl groups is 1. The van der Waals surface area contributed by atoms with E-state index in [1.54, 1.807) is 21.5 Å². The van der Waals surface area contributed by atoms with Gasteiger partial charge in [-0.3, -0.25) is 4.79 Å². The summed E-state index contributed by atoms with van der Waals surface area (Å²) in [5.74, 6) is -0.0370. The maximum atomic E-state index is 13.3. The van der Waals surface area contributed by atoms with Gasteiger partial charge in [0, 0.05) is 16.5 Å². The molecule has 4 heterocycles. The maximum absolute atomic E-state index is 13.3. The number of benzene rings is 1. The number of hydrogen-bond acceptors (Lipinski definition) is 6. The minimum absolute atomic E-state index is 0.0370. The summed E-state index contributed by atoms with van der Waals surface area (Å²) in [5, 5.41) is 24.5. The Kier molecular flexibility index (Phi) is 3.80. The highest BCUT2D eigenvalue weighted by atomic mass is 16.3. The van der Waals surface area contributed by atoms with Gasteiger partial charge in [0.25, 0.3) is 5.56 Å². The molecule has 6 rings (SSSR count). The highest BCUT2D eigenvalue weighted by molar-refractivity contribution is 5.91. The Bertz CT molecular complexity index is 1420. The van der Waals surface area contributed by atoms with Crippen molar-refractivity contribution < 1.29 is 5.11 Å². The molecule has 1 spiro atoms. The molecule has 4 aromatic rings. The fraction of sp³-hybridized carbons (Fsp3) is 0.391. The van der Waals surface area contributed by atoms with Crippen molar-refractivity contribution >= 4 is 16.4 Å². The average Bonchev–Trinajstić information content (AvgIpc) is 3.35. The smallest absolute Gasteiger partial charge is 0.278 e. The van der Waals surface area contributed by atoms with Gasteiger partial charge in [0.2, 0.25) is 0 Å². The van der Waals surface area contributed by atoms with Crippen molar-refractivity contribution in [3.8, 4) is 17.0 Å². The number of nitrogens with zero attached hydrogens (tertiary/aromatic N) is 5. The van der Waals surface area contributed by atoms with Gasteiger partial charge in [0.15, 0.2) is 5.65 Å². The van der Waals surface area contributed by atoms with Crippen molar-refractivity contribution in [3.63, 3.8) is 0 Å². The Morgan fingerprint density at radius 1 is 1.23 bits per heavy atom. The van der Waals surface area contributed by atoms with Crippen molar-refractivity contribution in [2.75, 3.05) is 6.54 Å². The van der Waals surface area contributed by atoms with Gasteiger partial charge < -0.3 is 10.4 Å². The van der Waals surface area contributed by atoms with Crippen molar-refractivity contribution in [3.05, 3.63) is 52.2 Å². The third kappa shape index (κ3) is 2.93. The van der Waals surface area contributed by atoms with Crippen LogP contribution in [0.1, 0.15) is 43.0 Å². The summed E-state index contributed by atoms with van der Waals surface area (Å²) in [7, 11) is 0. The highest BCUT2D eigenvalue weighted by Crippen LogP contribution is 2.45. The molecule has 31 heavy (non-hydrogen) atoms. The fourth-order valence-electron chi connectivity index (χ4n) is 4.94. The van der Waals surface area contributed by atoms with Crippen molar-refractivity contribution in [2.24, 2.45) is 0 Å². The van der Waals surface area contributed by atoms with Crippen LogP contribution in [0.25, 0.3) is 27.7 Å². The predicted molar refractivity (Wildman–Crippen MR) is 117 cm³/mol. The zero-order chi connectivity index (χ0) is 21.3. The maximum Gasteiger partial charge on any atom is 0.278 e. The fourth-order valence-corrected chi connectivity index (χ4v) is 4.94. The number of nitrogens with one attached hydrogen (secondary N) is 1. The van der Waals surface area contributed by atoms with Gasteiger partial charge in [-0.05, 0) is 69.8 Å². The second-order valence-electron chi connectivity index (χ2n) is 9.07. The average molecular weight is 416 g/mol. The zero-order valence-corrected chi connectivity index (χ0v) is 17.6. The standard InChI is InChI=1S/C23H24N6O2/c1-13-7-18(27-28-12-14(2)26-21(13)28)15-8-16-11-25-29(22(31)20(16)19(30)9-15)17-3-6-24-23(10-17)4-5-23/h7-9,11-12,17,24,30H,3-6,10H2,1-2H3/t17-/m0/s1. The molecule has 8 heteroatoms. The van der Waals surface area contributed by atoms with E-state index in [1.165, 1.54) is 0 Å². The monoisotopic (exact) mass is 416 g/mol. The highest BCUT2D eigenvalue weighted by Gasteiger charge is 2.46. The van der Waals surface area contributed by atoms with Crippen LogP contribution in [0.5, 0.6) is 5.75 Å². The van der Waals surface area contributed by atoms with Crippen LogP contribution in [-0.4, -0.2) is 41.6 Å². The van der Waals surface area contributed by atoms with Crippen LogP contribution in [0, 0.1) is 13.8 Å². The van der Waals surface area contributed by atoms with E-state index in [0.29, 0.717) is 16.5 Å². The first-order valence-electron chi connectivity index (χ1n) is 10.8. The van der Waals surface area contributed by atoms with Gasteiger partial charge in [-0.15, -0.1) is 0 Å². The normalized spacial score (nSPS) is 20.0. The Labute approximate surface area is 178 Å². The molecule has 3 aromatic heterocycles. The van der Waals surface area contributed by atoms with Gasteiger partial charge in [-0.2, -0.15) is 10.2 Å². The second kappa shape index (κ2) is 6.37. The molecule has 1 aliphatic carbocycles. The summed E-state index contributed by atoms with van der Waals surface area (Å²) in [6.45, 7) is 4.81. The third-order valence-electron chi connectivity index (χ3n) is 6.72. The number of fused-ring (bicyclic) bond motifs is 2. The van der Waals surface area contributed by atoms with Gasteiger partial charge in [-0.25, -0.2) is 14.2 Å². The van der Waals surface area contributed by atoms with Crippen molar-refractivity contribution in [1.82, 2.24) is 29.7 Å². The van der Waals surface area contributed by atoms with Crippen LogP contribution in [-0.2, 0) is 0 Å². The van der Waals surface area contributed by atoms with E-state index in [9.17, 15) is 9.90 Å². The molecule has 2 aliphatic rings. The van der Waals surface area contributed by atoms with E-state index < -0.39 is 0 Å². The Morgan fingerprint density at radius 3 is 2.87 bits per heavy atom. The lowest BCUT2D eigenvalue weighted by atomic mass is 9.97. The third-order valence-corrected chi connectivity index (χ3v) is 6.72. The SMILES string of the molecule is Cc1cn2nc(-c3cc(O)c4c(=O)n([C@H]5CCNC6(CC6)C5)ncc4c3)cc(C)c2n1. The molecular weight excluding hydrogens is 392 g/mol. The molecular formula is C23H24N6O2. The first-order valence-corrected chi connectivity index (χ1v) is 10.8. The van der Waals surface area contributed by atoms with Gasteiger partial charge >= 0.3 is 0 Å². The molecule has 1 saturated carbocycles. The molecule has 0 amide bonds. The lowest BCUT2D eigenvalue weighted by Gasteiger charge is -2.31.